The molecule has 0 bridgehead atoms. The van der Waals surface area contributed by atoms with Crippen LogP contribution in [0.3, 0.4) is 0 Å². The first-order valence-electron chi connectivity index (χ1n) is 5.61. The maximum Gasteiger partial charge on any atom is 0.244 e. The summed E-state index contributed by atoms with van der Waals surface area (Å²) in [6.07, 6.45) is 1.83. The highest BCUT2D eigenvalue weighted by molar-refractivity contribution is 9.10. The number of benzene rings is 1. The average molecular weight is 332 g/mol. The molecule has 0 aromatic heterocycles. The monoisotopic (exact) mass is 331 g/mol. The number of ether oxygens (including phenoxy) is 1. The van der Waals surface area contributed by atoms with E-state index in [4.69, 9.17) is 4.74 Å². The van der Waals surface area contributed by atoms with Gasteiger partial charge in [-0.05, 0) is 24.3 Å². The van der Waals surface area contributed by atoms with Crippen LogP contribution in [-0.2, 0) is 9.53 Å². The van der Waals surface area contributed by atoms with Gasteiger partial charge >= 0.3 is 0 Å². The van der Waals surface area contributed by atoms with Crippen molar-refractivity contribution in [3.8, 4) is 0 Å². The summed E-state index contributed by atoms with van der Waals surface area (Å²) in [7, 11) is 1.46. The lowest BCUT2D eigenvalue weighted by atomic mass is 10.2. The molecule has 1 amide bonds. The molecule has 19 heavy (non-hydrogen) atoms. The minimum absolute atomic E-state index is 0.0813. The zero-order valence-corrected chi connectivity index (χ0v) is 12.0. The molecule has 2 N–H and O–H groups in total. The summed E-state index contributed by atoms with van der Waals surface area (Å²) < 4.78 is 18.8. The van der Waals surface area contributed by atoms with Crippen molar-refractivity contribution >= 4 is 27.9 Å². The van der Waals surface area contributed by atoms with Crippen LogP contribution in [0.1, 0.15) is 5.56 Å². The van der Waals surface area contributed by atoms with Crippen LogP contribution in [0.15, 0.2) is 28.7 Å². The molecule has 1 aromatic carbocycles. The highest BCUT2D eigenvalue weighted by Gasteiger charge is 2.05. The Morgan fingerprint density at radius 3 is 3.05 bits per heavy atom. The van der Waals surface area contributed by atoms with Gasteiger partial charge in [0.15, 0.2) is 0 Å². The number of carbonyl (C=O) groups is 1. The summed E-state index contributed by atoms with van der Waals surface area (Å²) >= 11 is 3.22. The fourth-order valence-electron chi connectivity index (χ4n) is 1.34. The predicted octanol–water partition coefficient (Wildman–Crippen LogP) is 1.72. The molecule has 0 spiro atoms. The first-order chi connectivity index (χ1) is 9.02. The lowest BCUT2D eigenvalue weighted by molar-refractivity contribution is -0.117. The molecule has 1 rings (SSSR count). The predicted molar refractivity (Wildman–Crippen MR) is 74.0 cm³/mol. The Labute approximate surface area is 119 Å². The van der Waals surface area contributed by atoms with Gasteiger partial charge in [-0.1, -0.05) is 15.9 Å². The number of hydrogen-bond donors (Lipinski definition) is 2. The quantitative estimate of drug-likeness (QED) is 0.780. The van der Waals surface area contributed by atoms with Crippen LogP contribution >= 0.6 is 15.9 Å². The van der Waals surface area contributed by atoms with Gasteiger partial charge in [0.05, 0.1) is 12.7 Å². The summed E-state index contributed by atoms with van der Waals surface area (Å²) in [5, 5.41) is 11.8. The van der Waals surface area contributed by atoms with Crippen molar-refractivity contribution in [1.29, 1.82) is 0 Å². The Morgan fingerprint density at radius 2 is 2.37 bits per heavy atom. The van der Waals surface area contributed by atoms with Crippen LogP contribution in [0.25, 0.3) is 6.08 Å². The van der Waals surface area contributed by atoms with E-state index in [-0.39, 0.29) is 13.2 Å². The van der Waals surface area contributed by atoms with Gasteiger partial charge in [0, 0.05) is 29.8 Å². The number of carbonyl (C=O) groups excluding carboxylic acids is 1. The number of amides is 1. The second kappa shape index (κ2) is 8.04. The highest BCUT2D eigenvalue weighted by atomic mass is 79.9. The average Bonchev–Trinajstić information content (AvgIpc) is 2.38. The van der Waals surface area contributed by atoms with Gasteiger partial charge in [-0.25, -0.2) is 4.39 Å². The molecule has 1 atom stereocenters. The summed E-state index contributed by atoms with van der Waals surface area (Å²) in [5.41, 5.74) is 0.307. The standard InChI is InChI=1S/C13H15BrFNO3/c1-19-8-11(17)7-16-13(18)5-2-9-6-10(14)3-4-12(9)15/h2-6,11,17H,7-8H2,1H3,(H,16,18). The van der Waals surface area contributed by atoms with E-state index in [1.165, 1.54) is 25.3 Å². The van der Waals surface area contributed by atoms with E-state index in [9.17, 15) is 14.3 Å². The molecule has 4 nitrogen and oxygen atoms in total. The van der Waals surface area contributed by atoms with Crippen molar-refractivity contribution in [2.45, 2.75) is 6.10 Å². The largest absolute Gasteiger partial charge is 0.389 e. The lowest BCUT2D eigenvalue weighted by Gasteiger charge is -2.09. The van der Waals surface area contributed by atoms with Gasteiger partial charge in [0.1, 0.15) is 5.82 Å². The van der Waals surface area contributed by atoms with E-state index in [2.05, 4.69) is 21.2 Å². The van der Waals surface area contributed by atoms with E-state index in [0.29, 0.717) is 5.56 Å². The van der Waals surface area contributed by atoms with Crippen molar-refractivity contribution < 1.29 is 19.0 Å². The van der Waals surface area contributed by atoms with E-state index in [1.807, 2.05) is 0 Å². The minimum atomic E-state index is -0.759. The van der Waals surface area contributed by atoms with Gasteiger partial charge in [0.2, 0.25) is 5.91 Å². The van der Waals surface area contributed by atoms with Crippen molar-refractivity contribution in [2.75, 3.05) is 20.3 Å². The molecule has 0 saturated carbocycles. The number of halogens is 2. The lowest BCUT2D eigenvalue weighted by Crippen LogP contribution is -2.33. The Bertz CT molecular complexity index is 465. The maximum atomic E-state index is 13.4. The molecular formula is C13H15BrFNO3. The molecule has 0 aliphatic rings. The van der Waals surface area contributed by atoms with Crippen LogP contribution in [0.5, 0.6) is 0 Å². The van der Waals surface area contributed by atoms with E-state index in [0.717, 1.165) is 4.47 Å². The topological polar surface area (TPSA) is 58.6 Å². The Hall–Kier alpha value is -1.24. The molecule has 1 aromatic rings. The SMILES string of the molecule is COCC(O)CNC(=O)C=Cc1cc(Br)ccc1F. The molecule has 104 valence electrons. The fourth-order valence-corrected chi connectivity index (χ4v) is 1.72. The zero-order chi connectivity index (χ0) is 14.3. The third-order valence-electron chi connectivity index (χ3n) is 2.24. The molecular weight excluding hydrogens is 317 g/mol. The van der Waals surface area contributed by atoms with Gasteiger partial charge in [-0.15, -0.1) is 0 Å². The molecule has 0 heterocycles. The smallest absolute Gasteiger partial charge is 0.244 e. The van der Waals surface area contributed by atoms with E-state index < -0.39 is 17.8 Å². The second-order valence-electron chi connectivity index (χ2n) is 3.85. The summed E-state index contributed by atoms with van der Waals surface area (Å²) in [6.45, 7) is 0.224. The van der Waals surface area contributed by atoms with Gasteiger partial charge in [-0.3, -0.25) is 4.79 Å². The zero-order valence-electron chi connectivity index (χ0n) is 10.4. The van der Waals surface area contributed by atoms with Crippen LogP contribution in [-0.4, -0.2) is 37.4 Å². The van der Waals surface area contributed by atoms with Crippen molar-refractivity contribution in [2.24, 2.45) is 0 Å². The highest BCUT2D eigenvalue weighted by Crippen LogP contribution is 2.16. The van der Waals surface area contributed by atoms with Crippen molar-refractivity contribution in [1.82, 2.24) is 5.32 Å². The third-order valence-corrected chi connectivity index (χ3v) is 2.74. The van der Waals surface area contributed by atoms with Crippen molar-refractivity contribution in [3.63, 3.8) is 0 Å². The van der Waals surface area contributed by atoms with Crippen molar-refractivity contribution in [3.05, 3.63) is 40.1 Å². The fraction of sp³-hybridized carbons (Fsp3) is 0.308. The summed E-state index contributed by atoms with van der Waals surface area (Å²) in [5.74, 6) is -0.818. The first-order valence-corrected chi connectivity index (χ1v) is 6.40. The number of rotatable bonds is 6. The number of aliphatic hydroxyl groups excluding tert-OH is 1. The molecule has 6 heteroatoms. The van der Waals surface area contributed by atoms with Crippen LogP contribution < -0.4 is 5.32 Å². The number of methoxy groups -OCH3 is 1. The maximum absolute atomic E-state index is 13.4. The Kier molecular flexibility index (Phi) is 6.69. The third kappa shape index (κ3) is 5.96. The molecule has 0 fully saturated rings. The first kappa shape index (κ1) is 15.8. The normalized spacial score (nSPS) is 12.6. The number of nitrogens with one attached hydrogen (secondary N) is 1. The Balaban J connectivity index is 2.52. The minimum Gasteiger partial charge on any atom is -0.389 e. The molecule has 1 unspecified atom stereocenters. The molecule has 0 radical (unpaired) electrons. The van der Waals surface area contributed by atoms with E-state index in [1.54, 1.807) is 12.1 Å². The molecule has 0 aliphatic carbocycles. The number of aliphatic hydroxyl groups is 1. The summed E-state index contributed by atoms with van der Waals surface area (Å²) in [4.78, 5) is 11.4. The van der Waals surface area contributed by atoms with Crippen LogP contribution in [0.2, 0.25) is 0 Å². The van der Waals surface area contributed by atoms with Crippen LogP contribution in [0.4, 0.5) is 4.39 Å². The second-order valence-corrected chi connectivity index (χ2v) is 4.77. The van der Waals surface area contributed by atoms with E-state index >= 15 is 0 Å². The number of hydrogen-bond acceptors (Lipinski definition) is 3. The molecule has 0 saturated heterocycles. The Morgan fingerprint density at radius 1 is 1.63 bits per heavy atom. The summed E-state index contributed by atoms with van der Waals surface area (Å²) in [6, 6.07) is 4.46. The van der Waals surface area contributed by atoms with Gasteiger partial charge in [-0.2, -0.15) is 0 Å². The molecule has 0 aliphatic heterocycles. The van der Waals surface area contributed by atoms with Crippen LogP contribution in [0, 0.1) is 5.82 Å². The van der Waals surface area contributed by atoms with Gasteiger partial charge in [0.25, 0.3) is 0 Å². The van der Waals surface area contributed by atoms with Gasteiger partial charge < -0.3 is 15.2 Å².